The van der Waals surface area contributed by atoms with E-state index < -0.39 is 0 Å². The van der Waals surface area contributed by atoms with E-state index in [1.807, 2.05) is 24.3 Å². The van der Waals surface area contributed by atoms with E-state index >= 15 is 0 Å². The molecule has 0 bridgehead atoms. The molecule has 2 aliphatic rings. The van der Waals surface area contributed by atoms with Crippen LogP contribution in [0.4, 0.5) is 5.69 Å². The van der Waals surface area contributed by atoms with Gasteiger partial charge in [-0.2, -0.15) is 0 Å². The number of anilines is 1. The second-order valence-corrected chi connectivity index (χ2v) is 8.30. The Labute approximate surface area is 166 Å². The van der Waals surface area contributed by atoms with Crippen LogP contribution in [0.15, 0.2) is 54.2 Å². The summed E-state index contributed by atoms with van der Waals surface area (Å²) in [5.74, 6) is 0.396. The van der Waals surface area contributed by atoms with Crippen molar-refractivity contribution in [3.8, 4) is 0 Å². The van der Waals surface area contributed by atoms with Crippen molar-refractivity contribution in [1.82, 2.24) is 0 Å². The predicted octanol–water partition coefficient (Wildman–Crippen LogP) is 4.86. The molecule has 28 heavy (non-hydrogen) atoms. The maximum Gasteiger partial charge on any atom is 0.225 e. The third kappa shape index (κ3) is 3.35. The summed E-state index contributed by atoms with van der Waals surface area (Å²) in [6.07, 6.45) is 4.10. The molecule has 4 heteroatoms. The van der Waals surface area contributed by atoms with Crippen molar-refractivity contribution < 1.29 is 4.79 Å². The summed E-state index contributed by atoms with van der Waals surface area (Å²) in [5.41, 5.74) is 12.5. The number of fused-ring (bicyclic) bond motifs is 1. The molecule has 1 fully saturated rings. The molecule has 0 saturated heterocycles. The molecule has 4 nitrogen and oxygen atoms in total. The number of carbonyl (C=O) groups is 1. The van der Waals surface area contributed by atoms with Gasteiger partial charge in [0.05, 0.1) is 0 Å². The molecule has 1 amide bonds. The van der Waals surface area contributed by atoms with Crippen LogP contribution >= 0.6 is 0 Å². The van der Waals surface area contributed by atoms with Gasteiger partial charge in [0.15, 0.2) is 0 Å². The summed E-state index contributed by atoms with van der Waals surface area (Å²) < 4.78 is 0. The first kappa shape index (κ1) is 18.5. The molecule has 144 valence electrons. The molecule has 0 heterocycles. The summed E-state index contributed by atoms with van der Waals surface area (Å²) in [7, 11) is 0. The molecule has 0 aliphatic heterocycles. The summed E-state index contributed by atoms with van der Waals surface area (Å²) in [4.78, 5) is 12.8. The number of hydrogen-bond donors (Lipinski definition) is 3. The fraction of sp³-hybridized carbons (Fsp3) is 0.333. The van der Waals surface area contributed by atoms with Crippen molar-refractivity contribution in [2.75, 3.05) is 5.32 Å². The van der Waals surface area contributed by atoms with E-state index in [1.54, 1.807) is 13.8 Å². The van der Waals surface area contributed by atoms with Gasteiger partial charge in [0.25, 0.3) is 0 Å². The summed E-state index contributed by atoms with van der Waals surface area (Å²) >= 11 is 0. The zero-order valence-electron chi connectivity index (χ0n) is 16.5. The van der Waals surface area contributed by atoms with Crippen LogP contribution in [0.2, 0.25) is 0 Å². The van der Waals surface area contributed by atoms with Crippen LogP contribution in [-0.4, -0.2) is 11.6 Å². The van der Waals surface area contributed by atoms with E-state index in [2.05, 4.69) is 29.6 Å². The minimum Gasteiger partial charge on any atom is -0.402 e. The second kappa shape index (κ2) is 6.93. The summed E-state index contributed by atoms with van der Waals surface area (Å²) in [5, 5.41) is 11.0. The van der Waals surface area contributed by atoms with Gasteiger partial charge in [0.1, 0.15) is 0 Å². The first-order valence-electron chi connectivity index (χ1n) is 9.89. The van der Waals surface area contributed by atoms with E-state index in [9.17, 15) is 4.79 Å². The Bertz CT molecular complexity index is 964. The van der Waals surface area contributed by atoms with Gasteiger partial charge in [-0.15, -0.1) is 0 Å². The molecule has 1 spiro atoms. The smallest absolute Gasteiger partial charge is 0.225 e. The number of benzene rings is 2. The second-order valence-electron chi connectivity index (χ2n) is 8.30. The normalized spacial score (nSPS) is 19.7. The average Bonchev–Trinajstić information content (AvgIpc) is 3.35. The molecule has 4 rings (SSSR count). The number of rotatable bonds is 5. The maximum absolute atomic E-state index is 12.8. The monoisotopic (exact) mass is 373 g/mol. The minimum atomic E-state index is 0.0646. The Kier molecular flexibility index (Phi) is 4.58. The van der Waals surface area contributed by atoms with Crippen molar-refractivity contribution in [3.63, 3.8) is 0 Å². The van der Waals surface area contributed by atoms with Gasteiger partial charge in [-0.3, -0.25) is 4.79 Å². The molecular weight excluding hydrogens is 346 g/mol. The number of hydrogen-bond acceptors (Lipinski definition) is 3. The number of carbonyl (C=O) groups excluding carboxylic acids is 1. The highest BCUT2D eigenvalue weighted by atomic mass is 16.1. The number of allylic oxidation sites excluding steroid dienone is 2. The lowest BCUT2D eigenvalue weighted by Gasteiger charge is -2.19. The highest BCUT2D eigenvalue weighted by Gasteiger charge is 2.54. The molecular formula is C24H27N3O. The highest BCUT2D eigenvalue weighted by molar-refractivity contribution is 6.21. The van der Waals surface area contributed by atoms with E-state index in [0.29, 0.717) is 29.2 Å². The number of nitrogens with one attached hydrogen (secondary N) is 2. The minimum absolute atomic E-state index is 0.0646. The van der Waals surface area contributed by atoms with Gasteiger partial charge in [-0.25, -0.2) is 0 Å². The first-order chi connectivity index (χ1) is 13.4. The van der Waals surface area contributed by atoms with Crippen LogP contribution < -0.4 is 11.1 Å². The Balaban J connectivity index is 1.46. The topological polar surface area (TPSA) is 79.0 Å². The van der Waals surface area contributed by atoms with Crippen LogP contribution in [0.25, 0.3) is 5.57 Å². The van der Waals surface area contributed by atoms with Crippen molar-refractivity contribution in [1.29, 1.82) is 5.41 Å². The highest BCUT2D eigenvalue weighted by Crippen LogP contribution is 2.64. The molecule has 2 aliphatic carbocycles. The standard InChI is InChI=1S/C24H27N3O/c1-15(25)23(16(2)26)17-7-9-19(10-8-17)27-22(28)13-21-20-6-4-3-5-18(20)14-24(21)11-12-24/h3-10,21,25H,11-14,26H2,1-2H3,(H,27,28)/b23-16+,25-15?. The predicted molar refractivity (Wildman–Crippen MR) is 114 cm³/mol. The van der Waals surface area contributed by atoms with E-state index in [-0.39, 0.29) is 5.91 Å². The van der Waals surface area contributed by atoms with Gasteiger partial charge in [0.2, 0.25) is 5.91 Å². The van der Waals surface area contributed by atoms with Gasteiger partial charge < -0.3 is 16.5 Å². The molecule has 2 aromatic rings. The molecule has 2 aromatic carbocycles. The Morgan fingerprint density at radius 2 is 1.82 bits per heavy atom. The third-order valence-electron chi connectivity index (χ3n) is 6.22. The van der Waals surface area contributed by atoms with E-state index in [1.165, 1.54) is 24.0 Å². The lowest BCUT2D eigenvalue weighted by Crippen LogP contribution is -2.19. The fourth-order valence-electron chi connectivity index (χ4n) is 4.74. The van der Waals surface area contributed by atoms with Crippen LogP contribution in [0.3, 0.4) is 0 Å². The van der Waals surface area contributed by atoms with Crippen molar-refractivity contribution in [2.45, 2.75) is 45.4 Å². The lowest BCUT2D eigenvalue weighted by molar-refractivity contribution is -0.116. The Morgan fingerprint density at radius 3 is 2.43 bits per heavy atom. The van der Waals surface area contributed by atoms with Crippen LogP contribution in [-0.2, 0) is 11.2 Å². The molecule has 1 saturated carbocycles. The SMILES string of the molecule is CC(=N)/C(=C(/C)N)c1ccc(NC(=O)CC2c3ccccc3CC23CC3)cc1. The van der Waals surface area contributed by atoms with E-state index in [4.69, 9.17) is 11.1 Å². The molecule has 0 radical (unpaired) electrons. The zero-order valence-corrected chi connectivity index (χ0v) is 16.5. The lowest BCUT2D eigenvalue weighted by atomic mass is 9.86. The van der Waals surface area contributed by atoms with Crippen LogP contribution in [0.5, 0.6) is 0 Å². The fourth-order valence-corrected chi connectivity index (χ4v) is 4.74. The summed E-state index contributed by atoms with van der Waals surface area (Å²) in [6.45, 7) is 3.53. The molecule has 1 unspecified atom stereocenters. The average molecular weight is 374 g/mol. The first-order valence-corrected chi connectivity index (χ1v) is 9.89. The maximum atomic E-state index is 12.8. The Morgan fingerprint density at radius 1 is 1.14 bits per heavy atom. The zero-order chi connectivity index (χ0) is 19.9. The summed E-state index contributed by atoms with van der Waals surface area (Å²) in [6, 6.07) is 16.2. The van der Waals surface area contributed by atoms with Gasteiger partial charge in [0, 0.05) is 29.1 Å². The van der Waals surface area contributed by atoms with Crippen LogP contribution in [0.1, 0.15) is 55.7 Å². The third-order valence-corrected chi connectivity index (χ3v) is 6.22. The Hall–Kier alpha value is -2.88. The number of amides is 1. The molecule has 4 N–H and O–H groups in total. The van der Waals surface area contributed by atoms with Crippen molar-refractivity contribution in [3.05, 3.63) is 70.9 Å². The van der Waals surface area contributed by atoms with Gasteiger partial charge >= 0.3 is 0 Å². The quantitative estimate of drug-likeness (QED) is 0.654. The largest absolute Gasteiger partial charge is 0.402 e. The van der Waals surface area contributed by atoms with Crippen LogP contribution in [0, 0.1) is 10.8 Å². The van der Waals surface area contributed by atoms with Gasteiger partial charge in [-0.1, -0.05) is 36.4 Å². The van der Waals surface area contributed by atoms with Crippen molar-refractivity contribution >= 4 is 22.9 Å². The number of nitrogens with two attached hydrogens (primary N) is 1. The van der Waals surface area contributed by atoms with Gasteiger partial charge in [-0.05, 0) is 73.3 Å². The van der Waals surface area contributed by atoms with Crippen molar-refractivity contribution in [2.24, 2.45) is 11.1 Å². The molecule has 0 aromatic heterocycles. The van der Waals surface area contributed by atoms with E-state index in [0.717, 1.165) is 23.2 Å². The molecule has 1 atom stereocenters.